The molecule has 0 aliphatic carbocycles. The number of halogens is 1. The van der Waals surface area contributed by atoms with Gasteiger partial charge in [0.05, 0.1) is 6.20 Å². The molecule has 1 rings (SSSR count). The molecule has 1 aromatic rings. The summed E-state index contributed by atoms with van der Waals surface area (Å²) in [6.45, 7) is 5.61. The minimum absolute atomic E-state index is 0.159. The smallest absolute Gasteiger partial charge is 0.224 e. The van der Waals surface area contributed by atoms with Crippen LogP contribution < -0.4 is 10.6 Å². The molecule has 0 bridgehead atoms. The van der Waals surface area contributed by atoms with Crippen LogP contribution in [0.4, 0.5) is 16.2 Å². The minimum atomic E-state index is -0.423. The van der Waals surface area contributed by atoms with Crippen molar-refractivity contribution in [1.82, 2.24) is 14.9 Å². The van der Waals surface area contributed by atoms with E-state index in [0.29, 0.717) is 12.5 Å². The Bertz CT molecular complexity index is 369. The van der Waals surface area contributed by atoms with Crippen LogP contribution in [0.1, 0.15) is 20.3 Å². The molecule has 6 heteroatoms. The third kappa shape index (κ3) is 4.83. The summed E-state index contributed by atoms with van der Waals surface area (Å²) in [4.78, 5) is 10.1. The van der Waals surface area contributed by atoms with E-state index >= 15 is 0 Å². The van der Waals surface area contributed by atoms with Crippen LogP contribution in [0.25, 0.3) is 0 Å². The molecule has 5 nitrogen and oxygen atoms in total. The molecule has 0 aliphatic rings. The van der Waals surface area contributed by atoms with Crippen LogP contribution in [0.2, 0.25) is 0 Å². The van der Waals surface area contributed by atoms with Gasteiger partial charge in [0.25, 0.3) is 0 Å². The van der Waals surface area contributed by atoms with Crippen molar-refractivity contribution in [3.05, 3.63) is 12.0 Å². The zero-order valence-corrected chi connectivity index (χ0v) is 11.5. The van der Waals surface area contributed by atoms with Gasteiger partial charge >= 0.3 is 0 Å². The van der Waals surface area contributed by atoms with E-state index in [1.54, 1.807) is 0 Å². The molecule has 2 N–H and O–H groups in total. The summed E-state index contributed by atoms with van der Waals surface area (Å²) in [5, 5.41) is 6.03. The van der Waals surface area contributed by atoms with E-state index in [1.165, 1.54) is 6.20 Å². The fourth-order valence-electron chi connectivity index (χ4n) is 1.47. The first-order valence-electron chi connectivity index (χ1n) is 6.20. The van der Waals surface area contributed by atoms with E-state index in [4.69, 9.17) is 0 Å². The lowest BCUT2D eigenvalue weighted by atomic mass is 10.2. The van der Waals surface area contributed by atoms with E-state index < -0.39 is 5.82 Å². The lowest BCUT2D eigenvalue weighted by Gasteiger charge is -2.17. The van der Waals surface area contributed by atoms with Crippen LogP contribution in [-0.4, -0.2) is 48.1 Å². The van der Waals surface area contributed by atoms with E-state index in [1.807, 2.05) is 27.9 Å². The van der Waals surface area contributed by atoms with Gasteiger partial charge in [0.1, 0.15) is 0 Å². The zero-order valence-electron chi connectivity index (χ0n) is 11.5. The number of nitrogens with one attached hydrogen (secondary N) is 2. The van der Waals surface area contributed by atoms with Crippen LogP contribution in [0.15, 0.2) is 6.20 Å². The Labute approximate surface area is 108 Å². The Kier molecular flexibility index (Phi) is 5.77. The van der Waals surface area contributed by atoms with Crippen molar-refractivity contribution in [2.24, 2.45) is 0 Å². The van der Waals surface area contributed by atoms with E-state index in [0.717, 1.165) is 13.0 Å². The third-order valence-electron chi connectivity index (χ3n) is 2.47. The minimum Gasteiger partial charge on any atom is -0.365 e. The predicted octanol–water partition coefficient (Wildman–Crippen LogP) is 1.80. The molecule has 0 fully saturated rings. The Balaban J connectivity index is 2.61. The standard InChI is InChI=1S/C12H22FN5/c1-5-14-12-15-8-10(13)11(17-12)16-9(2)6-7-18(3)4/h8-9H,5-7H2,1-4H3,(H2,14,15,16,17). The van der Waals surface area contributed by atoms with Gasteiger partial charge in [-0.25, -0.2) is 9.37 Å². The highest BCUT2D eigenvalue weighted by atomic mass is 19.1. The average molecular weight is 255 g/mol. The first kappa shape index (κ1) is 14.6. The number of aromatic nitrogens is 2. The molecule has 1 atom stereocenters. The highest BCUT2D eigenvalue weighted by molar-refractivity contribution is 5.41. The van der Waals surface area contributed by atoms with Gasteiger partial charge in [0.2, 0.25) is 5.95 Å². The number of rotatable bonds is 7. The van der Waals surface area contributed by atoms with Crippen molar-refractivity contribution in [3.63, 3.8) is 0 Å². The Hall–Kier alpha value is -1.43. The molecule has 0 saturated heterocycles. The molecule has 0 aromatic carbocycles. The number of nitrogens with zero attached hydrogens (tertiary/aromatic N) is 3. The van der Waals surface area contributed by atoms with Crippen LogP contribution in [-0.2, 0) is 0 Å². The normalized spacial score (nSPS) is 12.6. The second kappa shape index (κ2) is 7.10. The van der Waals surface area contributed by atoms with E-state index in [2.05, 4.69) is 25.5 Å². The molecule has 1 heterocycles. The molecule has 1 unspecified atom stereocenters. The van der Waals surface area contributed by atoms with E-state index in [-0.39, 0.29) is 11.9 Å². The summed E-state index contributed by atoms with van der Waals surface area (Å²) in [6, 6.07) is 0.159. The van der Waals surface area contributed by atoms with Crippen LogP contribution >= 0.6 is 0 Å². The predicted molar refractivity (Wildman–Crippen MR) is 72.4 cm³/mol. The Morgan fingerprint density at radius 2 is 2.17 bits per heavy atom. The summed E-state index contributed by atoms with van der Waals surface area (Å²) < 4.78 is 13.5. The summed E-state index contributed by atoms with van der Waals surface area (Å²) in [5.41, 5.74) is 0. The highest BCUT2D eigenvalue weighted by Crippen LogP contribution is 2.13. The van der Waals surface area contributed by atoms with Crippen molar-refractivity contribution in [2.45, 2.75) is 26.3 Å². The van der Waals surface area contributed by atoms with Crippen molar-refractivity contribution in [3.8, 4) is 0 Å². The summed E-state index contributed by atoms with van der Waals surface area (Å²) in [6.07, 6.45) is 2.11. The van der Waals surface area contributed by atoms with Crippen LogP contribution in [0.5, 0.6) is 0 Å². The fraction of sp³-hybridized carbons (Fsp3) is 0.667. The molecule has 0 saturated carbocycles. The number of anilines is 2. The number of hydrogen-bond donors (Lipinski definition) is 2. The molecule has 0 aliphatic heterocycles. The van der Waals surface area contributed by atoms with Gasteiger partial charge < -0.3 is 15.5 Å². The van der Waals surface area contributed by atoms with Gasteiger partial charge in [-0.3, -0.25) is 0 Å². The van der Waals surface area contributed by atoms with Gasteiger partial charge in [-0.1, -0.05) is 0 Å². The fourth-order valence-corrected chi connectivity index (χ4v) is 1.47. The quantitative estimate of drug-likeness (QED) is 0.778. The average Bonchev–Trinajstić information content (AvgIpc) is 2.31. The summed E-state index contributed by atoms with van der Waals surface area (Å²) in [5.74, 6) is 0.279. The molecule has 18 heavy (non-hydrogen) atoms. The maximum absolute atomic E-state index is 13.5. The third-order valence-corrected chi connectivity index (χ3v) is 2.47. The lowest BCUT2D eigenvalue weighted by molar-refractivity contribution is 0.390. The van der Waals surface area contributed by atoms with Crippen molar-refractivity contribution in [2.75, 3.05) is 37.8 Å². The molecule has 0 radical (unpaired) electrons. The largest absolute Gasteiger partial charge is 0.365 e. The Morgan fingerprint density at radius 1 is 1.44 bits per heavy atom. The molecular weight excluding hydrogens is 233 g/mol. The second-order valence-electron chi connectivity index (χ2n) is 4.56. The van der Waals surface area contributed by atoms with Crippen LogP contribution in [0.3, 0.4) is 0 Å². The molecule has 0 spiro atoms. The molecule has 1 aromatic heterocycles. The number of hydrogen-bond acceptors (Lipinski definition) is 5. The van der Waals surface area contributed by atoms with Crippen molar-refractivity contribution in [1.29, 1.82) is 0 Å². The first-order valence-corrected chi connectivity index (χ1v) is 6.20. The zero-order chi connectivity index (χ0) is 13.5. The van der Waals surface area contributed by atoms with E-state index in [9.17, 15) is 4.39 Å². The van der Waals surface area contributed by atoms with Gasteiger partial charge in [-0.05, 0) is 40.9 Å². The Morgan fingerprint density at radius 3 is 2.78 bits per heavy atom. The second-order valence-corrected chi connectivity index (χ2v) is 4.56. The topological polar surface area (TPSA) is 53.1 Å². The van der Waals surface area contributed by atoms with Gasteiger partial charge in [-0.2, -0.15) is 4.98 Å². The molecular formula is C12H22FN5. The summed E-state index contributed by atoms with van der Waals surface area (Å²) in [7, 11) is 4.03. The first-order chi connectivity index (χ1) is 8.52. The summed E-state index contributed by atoms with van der Waals surface area (Å²) >= 11 is 0. The maximum atomic E-state index is 13.5. The van der Waals surface area contributed by atoms with Crippen LogP contribution in [0, 0.1) is 5.82 Å². The van der Waals surface area contributed by atoms with Gasteiger partial charge in [-0.15, -0.1) is 0 Å². The van der Waals surface area contributed by atoms with Crippen molar-refractivity contribution < 1.29 is 4.39 Å². The monoisotopic (exact) mass is 255 g/mol. The highest BCUT2D eigenvalue weighted by Gasteiger charge is 2.10. The van der Waals surface area contributed by atoms with Gasteiger partial charge in [0, 0.05) is 12.6 Å². The SMILES string of the molecule is CCNc1ncc(F)c(NC(C)CCN(C)C)n1. The van der Waals surface area contributed by atoms with Crippen molar-refractivity contribution >= 4 is 11.8 Å². The molecule has 0 amide bonds. The lowest BCUT2D eigenvalue weighted by Crippen LogP contribution is -2.24. The molecule has 102 valence electrons. The van der Waals surface area contributed by atoms with Gasteiger partial charge in [0.15, 0.2) is 11.6 Å². The maximum Gasteiger partial charge on any atom is 0.224 e.